The molecular formula is C23H23NO2. The van der Waals surface area contributed by atoms with E-state index in [1.165, 1.54) is 5.56 Å². The van der Waals surface area contributed by atoms with Crippen molar-refractivity contribution in [1.82, 2.24) is 4.90 Å². The highest BCUT2D eigenvalue weighted by Crippen LogP contribution is 2.49. The van der Waals surface area contributed by atoms with E-state index in [1.807, 2.05) is 23.1 Å². The second kappa shape index (κ2) is 5.82. The number of carbonyl (C=O) groups is 1. The number of amides is 1. The Kier molecular flexibility index (Phi) is 3.54. The van der Waals surface area contributed by atoms with E-state index in [9.17, 15) is 4.79 Å². The predicted molar refractivity (Wildman–Crippen MR) is 101 cm³/mol. The molecule has 3 aliphatic rings. The number of ether oxygens (including phenoxy) is 1. The van der Waals surface area contributed by atoms with Crippen molar-refractivity contribution >= 4 is 5.91 Å². The third-order valence-electron chi connectivity index (χ3n) is 6.23. The van der Waals surface area contributed by atoms with Crippen LogP contribution in [0.5, 0.6) is 0 Å². The molecule has 3 nitrogen and oxygen atoms in total. The van der Waals surface area contributed by atoms with E-state index in [1.54, 1.807) is 0 Å². The van der Waals surface area contributed by atoms with E-state index in [2.05, 4.69) is 49.4 Å². The maximum absolute atomic E-state index is 13.3. The molecule has 0 saturated carbocycles. The van der Waals surface area contributed by atoms with Gasteiger partial charge >= 0.3 is 0 Å². The molecule has 0 N–H and O–H groups in total. The number of allylic oxidation sites excluding steroid dienone is 2. The highest BCUT2D eigenvalue weighted by Gasteiger charge is 2.54. The van der Waals surface area contributed by atoms with Crippen molar-refractivity contribution in [2.75, 3.05) is 13.2 Å². The van der Waals surface area contributed by atoms with Crippen LogP contribution in [-0.4, -0.2) is 24.0 Å². The lowest BCUT2D eigenvalue weighted by Gasteiger charge is -2.38. The molecule has 26 heavy (non-hydrogen) atoms. The summed E-state index contributed by atoms with van der Waals surface area (Å²) in [5, 5.41) is 0. The Balaban J connectivity index is 1.70. The minimum atomic E-state index is -0.793. The van der Waals surface area contributed by atoms with Crippen LogP contribution in [0.4, 0.5) is 0 Å². The van der Waals surface area contributed by atoms with Crippen LogP contribution in [0, 0.1) is 18.8 Å². The summed E-state index contributed by atoms with van der Waals surface area (Å²) in [4.78, 5) is 15.3. The second-order valence-corrected chi connectivity index (χ2v) is 7.75. The van der Waals surface area contributed by atoms with E-state index in [-0.39, 0.29) is 5.91 Å². The summed E-state index contributed by atoms with van der Waals surface area (Å²) >= 11 is 0. The largest absolute Gasteiger partial charge is 0.347 e. The second-order valence-electron chi connectivity index (χ2n) is 7.75. The molecule has 0 radical (unpaired) electrons. The minimum absolute atomic E-state index is 0.0939. The van der Waals surface area contributed by atoms with E-state index in [0.29, 0.717) is 18.4 Å². The van der Waals surface area contributed by atoms with Crippen LogP contribution in [0.3, 0.4) is 0 Å². The van der Waals surface area contributed by atoms with Crippen LogP contribution in [-0.2, 0) is 10.5 Å². The van der Waals surface area contributed by atoms with Crippen molar-refractivity contribution in [3.63, 3.8) is 0 Å². The first kappa shape index (κ1) is 15.8. The fourth-order valence-electron chi connectivity index (χ4n) is 4.76. The standard InChI is InChI=1S/C23H23NO2/c1-16-10-12-19(13-11-16)23-21-9-5-4-8-20(21)22(25)24(23)14-17-6-2-3-7-18(17)15-26-23/h2-5,8-13,17-18H,6-7,14-15H2,1H3/t17-,18+,23+/m1/s1. The summed E-state index contributed by atoms with van der Waals surface area (Å²) in [5.41, 5.74) is 3.23. The Bertz CT molecular complexity index is 885. The van der Waals surface area contributed by atoms with Gasteiger partial charge in [0, 0.05) is 23.2 Å². The van der Waals surface area contributed by atoms with Gasteiger partial charge in [-0.2, -0.15) is 0 Å². The molecule has 0 bridgehead atoms. The average Bonchev–Trinajstić information content (AvgIpc) is 2.81. The quantitative estimate of drug-likeness (QED) is 0.723. The Labute approximate surface area is 154 Å². The number of hydrogen-bond acceptors (Lipinski definition) is 2. The van der Waals surface area contributed by atoms with Gasteiger partial charge in [0.25, 0.3) is 5.91 Å². The number of fused-ring (bicyclic) bond motifs is 4. The number of benzene rings is 2. The molecule has 1 fully saturated rings. The summed E-state index contributed by atoms with van der Waals surface area (Å²) in [6.07, 6.45) is 6.58. The van der Waals surface area contributed by atoms with Gasteiger partial charge in [-0.15, -0.1) is 0 Å². The first-order chi connectivity index (χ1) is 12.7. The minimum Gasteiger partial charge on any atom is -0.347 e. The van der Waals surface area contributed by atoms with Crippen LogP contribution in [0.25, 0.3) is 0 Å². The van der Waals surface area contributed by atoms with Crippen LogP contribution in [0.2, 0.25) is 0 Å². The van der Waals surface area contributed by atoms with Crippen LogP contribution < -0.4 is 0 Å². The molecule has 132 valence electrons. The molecule has 2 aromatic carbocycles. The van der Waals surface area contributed by atoms with Gasteiger partial charge in [0.2, 0.25) is 0 Å². The van der Waals surface area contributed by atoms with Crippen LogP contribution in [0.15, 0.2) is 60.7 Å². The maximum atomic E-state index is 13.3. The van der Waals surface area contributed by atoms with Gasteiger partial charge in [0.15, 0.2) is 5.72 Å². The fraction of sp³-hybridized carbons (Fsp3) is 0.348. The van der Waals surface area contributed by atoms with Gasteiger partial charge < -0.3 is 9.64 Å². The van der Waals surface area contributed by atoms with Gasteiger partial charge in [0.1, 0.15) is 0 Å². The summed E-state index contributed by atoms with van der Waals surface area (Å²) in [5.74, 6) is 1.04. The molecule has 3 atom stereocenters. The van der Waals surface area contributed by atoms with Gasteiger partial charge in [-0.3, -0.25) is 4.79 Å². The third-order valence-corrected chi connectivity index (χ3v) is 6.23. The normalized spacial score (nSPS) is 29.7. The van der Waals surface area contributed by atoms with Crippen LogP contribution >= 0.6 is 0 Å². The molecule has 2 aromatic rings. The number of aryl methyl sites for hydroxylation is 1. The smallest absolute Gasteiger partial charge is 0.257 e. The number of carbonyl (C=O) groups excluding carboxylic acids is 1. The molecule has 0 aromatic heterocycles. The molecule has 1 aliphatic carbocycles. The van der Waals surface area contributed by atoms with Gasteiger partial charge in [-0.1, -0.05) is 60.2 Å². The zero-order chi connectivity index (χ0) is 17.7. The lowest BCUT2D eigenvalue weighted by molar-refractivity contribution is -0.0998. The zero-order valence-electron chi connectivity index (χ0n) is 15.0. The molecule has 1 saturated heterocycles. The Morgan fingerprint density at radius 3 is 2.54 bits per heavy atom. The van der Waals surface area contributed by atoms with Crippen molar-refractivity contribution in [2.24, 2.45) is 11.8 Å². The molecular weight excluding hydrogens is 322 g/mol. The Morgan fingerprint density at radius 2 is 1.73 bits per heavy atom. The number of rotatable bonds is 1. The highest BCUT2D eigenvalue weighted by molar-refractivity contribution is 6.00. The summed E-state index contributed by atoms with van der Waals surface area (Å²) in [6, 6.07) is 16.4. The first-order valence-electron chi connectivity index (χ1n) is 9.48. The Morgan fingerprint density at radius 1 is 1.00 bits per heavy atom. The molecule has 0 unspecified atom stereocenters. The predicted octanol–water partition coefficient (Wildman–Crippen LogP) is 4.26. The lowest BCUT2D eigenvalue weighted by Crippen LogP contribution is -2.47. The van der Waals surface area contributed by atoms with Gasteiger partial charge in [-0.05, 0) is 37.7 Å². The van der Waals surface area contributed by atoms with Crippen molar-refractivity contribution in [1.29, 1.82) is 0 Å². The van der Waals surface area contributed by atoms with E-state index >= 15 is 0 Å². The average molecular weight is 345 g/mol. The van der Waals surface area contributed by atoms with Gasteiger partial charge in [-0.25, -0.2) is 0 Å². The fourth-order valence-corrected chi connectivity index (χ4v) is 4.76. The van der Waals surface area contributed by atoms with Crippen molar-refractivity contribution in [3.05, 3.63) is 82.9 Å². The van der Waals surface area contributed by atoms with Crippen LogP contribution in [0.1, 0.15) is 39.9 Å². The number of nitrogens with zero attached hydrogens (tertiary/aromatic N) is 1. The lowest BCUT2D eigenvalue weighted by atomic mass is 9.83. The highest BCUT2D eigenvalue weighted by atomic mass is 16.5. The zero-order valence-corrected chi connectivity index (χ0v) is 15.0. The summed E-state index contributed by atoms with van der Waals surface area (Å²) < 4.78 is 6.68. The van der Waals surface area contributed by atoms with Crippen molar-refractivity contribution < 1.29 is 9.53 Å². The summed E-state index contributed by atoms with van der Waals surface area (Å²) in [6.45, 7) is 3.51. The molecule has 5 rings (SSSR count). The third kappa shape index (κ3) is 2.13. The van der Waals surface area contributed by atoms with Gasteiger partial charge in [0.05, 0.1) is 6.61 Å². The molecule has 2 aliphatic heterocycles. The van der Waals surface area contributed by atoms with E-state index in [4.69, 9.17) is 4.74 Å². The SMILES string of the molecule is Cc1ccc([C@@]23OC[C@@H]4CC=CC[C@@H]4CN2C(=O)c2ccccc23)cc1. The number of hydrogen-bond donors (Lipinski definition) is 0. The monoisotopic (exact) mass is 345 g/mol. The van der Waals surface area contributed by atoms with E-state index < -0.39 is 5.72 Å². The maximum Gasteiger partial charge on any atom is 0.257 e. The molecule has 0 spiro atoms. The van der Waals surface area contributed by atoms with E-state index in [0.717, 1.165) is 36.1 Å². The molecule has 2 heterocycles. The topological polar surface area (TPSA) is 29.5 Å². The van der Waals surface area contributed by atoms with Crippen molar-refractivity contribution in [2.45, 2.75) is 25.5 Å². The molecule has 1 amide bonds. The molecule has 3 heteroatoms. The summed E-state index contributed by atoms with van der Waals surface area (Å²) in [7, 11) is 0. The Hall–Kier alpha value is -2.39. The first-order valence-corrected chi connectivity index (χ1v) is 9.48. The van der Waals surface area contributed by atoms with Crippen molar-refractivity contribution in [3.8, 4) is 0 Å².